The molecule has 1 saturated heterocycles. The molecule has 0 amide bonds. The molecule has 2 rings (SSSR count). The summed E-state index contributed by atoms with van der Waals surface area (Å²) in [4.78, 5) is 1.89. The van der Waals surface area contributed by atoms with Crippen molar-refractivity contribution in [3.63, 3.8) is 0 Å². The zero-order valence-electron chi connectivity index (χ0n) is 11.2. The first-order chi connectivity index (χ1) is 9.40. The van der Waals surface area contributed by atoms with Gasteiger partial charge in [0.15, 0.2) is 0 Å². The number of nitrogens with zero attached hydrogens (tertiary/aromatic N) is 1. The van der Waals surface area contributed by atoms with Gasteiger partial charge in [-0.15, -0.1) is 0 Å². The summed E-state index contributed by atoms with van der Waals surface area (Å²) in [6.45, 7) is 1.40. The first kappa shape index (κ1) is 15.9. The van der Waals surface area contributed by atoms with Crippen LogP contribution < -0.4 is 4.74 Å². The number of rotatable bonds is 3. The highest BCUT2D eigenvalue weighted by molar-refractivity contribution is 14.1. The molecule has 6 heteroatoms. The number of halogens is 4. The van der Waals surface area contributed by atoms with Crippen molar-refractivity contribution in [2.75, 3.05) is 20.2 Å². The lowest BCUT2D eigenvalue weighted by molar-refractivity contribution is -0.187. The van der Waals surface area contributed by atoms with E-state index in [4.69, 9.17) is 4.74 Å². The van der Waals surface area contributed by atoms with Gasteiger partial charge in [-0.3, -0.25) is 4.90 Å². The monoisotopic (exact) mass is 399 g/mol. The Bertz CT molecular complexity index is 464. The van der Waals surface area contributed by atoms with Gasteiger partial charge >= 0.3 is 6.18 Å². The minimum absolute atomic E-state index is 0.103. The molecule has 1 aromatic rings. The zero-order chi connectivity index (χ0) is 14.8. The molecule has 2 nitrogen and oxygen atoms in total. The predicted molar refractivity (Wildman–Crippen MR) is 79.8 cm³/mol. The Labute approximate surface area is 130 Å². The largest absolute Gasteiger partial charge is 0.496 e. The first-order valence-corrected chi connectivity index (χ1v) is 7.59. The molecule has 1 aromatic carbocycles. The summed E-state index contributed by atoms with van der Waals surface area (Å²) in [5.41, 5.74) is 1.03. The maximum Gasteiger partial charge on any atom is 0.393 e. The van der Waals surface area contributed by atoms with E-state index in [1.807, 2.05) is 23.1 Å². The van der Waals surface area contributed by atoms with Crippen LogP contribution in [0.15, 0.2) is 18.2 Å². The summed E-state index contributed by atoms with van der Waals surface area (Å²) in [6, 6.07) is 5.75. The van der Waals surface area contributed by atoms with Crippen molar-refractivity contribution in [1.82, 2.24) is 4.90 Å². The highest BCUT2D eigenvalue weighted by Crippen LogP contribution is 2.33. The van der Waals surface area contributed by atoms with Crippen LogP contribution in [0, 0.1) is 9.49 Å². The molecule has 1 aliphatic rings. The highest BCUT2D eigenvalue weighted by Gasteiger charge is 2.41. The van der Waals surface area contributed by atoms with E-state index in [1.165, 1.54) is 0 Å². The number of likely N-dealkylation sites (tertiary alicyclic amines) is 1. The quantitative estimate of drug-likeness (QED) is 0.711. The molecule has 1 aliphatic heterocycles. The van der Waals surface area contributed by atoms with E-state index in [0.29, 0.717) is 13.0 Å². The molecule has 0 spiro atoms. The molecule has 112 valence electrons. The van der Waals surface area contributed by atoms with E-state index in [9.17, 15) is 13.2 Å². The number of hydrogen-bond donors (Lipinski definition) is 0. The van der Waals surface area contributed by atoms with Crippen LogP contribution in [-0.2, 0) is 6.54 Å². The summed E-state index contributed by atoms with van der Waals surface area (Å²) in [5, 5.41) is 0. The lowest BCUT2D eigenvalue weighted by Crippen LogP contribution is -2.41. The molecule has 0 aromatic heterocycles. The van der Waals surface area contributed by atoms with Crippen molar-refractivity contribution in [2.45, 2.75) is 25.6 Å². The smallest absolute Gasteiger partial charge is 0.393 e. The summed E-state index contributed by atoms with van der Waals surface area (Å²) >= 11 is 2.17. The minimum atomic E-state index is -4.08. The van der Waals surface area contributed by atoms with Gasteiger partial charge in [0.1, 0.15) is 5.75 Å². The summed E-state index contributed by atoms with van der Waals surface area (Å²) < 4.78 is 44.5. The average Bonchev–Trinajstić information content (AvgIpc) is 2.38. The molecule has 0 bridgehead atoms. The Balaban J connectivity index is 2.01. The van der Waals surface area contributed by atoms with Gasteiger partial charge < -0.3 is 4.74 Å². The Morgan fingerprint density at radius 3 is 2.75 bits per heavy atom. The van der Waals surface area contributed by atoms with Crippen molar-refractivity contribution < 1.29 is 17.9 Å². The third kappa shape index (κ3) is 4.00. The Hall–Kier alpha value is -0.500. The minimum Gasteiger partial charge on any atom is -0.496 e. The first-order valence-electron chi connectivity index (χ1n) is 6.51. The fourth-order valence-electron chi connectivity index (χ4n) is 2.53. The predicted octanol–water partition coefficient (Wildman–Crippen LogP) is 4.07. The second-order valence-corrected chi connectivity index (χ2v) is 6.25. The molecule has 1 unspecified atom stereocenters. The van der Waals surface area contributed by atoms with Gasteiger partial charge in [-0.05, 0) is 59.7 Å². The number of piperidine rings is 1. The van der Waals surface area contributed by atoms with Gasteiger partial charge in [0.25, 0.3) is 0 Å². The maximum absolute atomic E-state index is 12.8. The van der Waals surface area contributed by atoms with Crippen molar-refractivity contribution in [1.29, 1.82) is 0 Å². The fraction of sp³-hybridized carbons (Fsp3) is 0.571. The van der Waals surface area contributed by atoms with Crippen LogP contribution in [0.3, 0.4) is 0 Å². The van der Waals surface area contributed by atoms with Crippen LogP contribution >= 0.6 is 22.6 Å². The van der Waals surface area contributed by atoms with E-state index in [0.717, 1.165) is 21.4 Å². The SMILES string of the molecule is COc1ccc(CN2CCCC(C(F)(F)F)C2)cc1I. The van der Waals surface area contributed by atoms with Gasteiger partial charge in [-0.25, -0.2) is 0 Å². The molecule has 20 heavy (non-hydrogen) atoms. The highest BCUT2D eigenvalue weighted by atomic mass is 127. The third-order valence-corrected chi connectivity index (χ3v) is 4.43. The maximum atomic E-state index is 12.8. The van der Waals surface area contributed by atoms with E-state index >= 15 is 0 Å². The number of benzene rings is 1. The second-order valence-electron chi connectivity index (χ2n) is 5.08. The van der Waals surface area contributed by atoms with Crippen LogP contribution in [0.4, 0.5) is 13.2 Å². The topological polar surface area (TPSA) is 12.5 Å². The molecular weight excluding hydrogens is 382 g/mol. The van der Waals surface area contributed by atoms with Crippen LogP contribution in [0.1, 0.15) is 18.4 Å². The summed E-state index contributed by atoms with van der Waals surface area (Å²) in [5.74, 6) is -0.394. The van der Waals surface area contributed by atoms with Gasteiger partial charge in [0, 0.05) is 13.1 Å². The van der Waals surface area contributed by atoms with Crippen molar-refractivity contribution in [3.05, 3.63) is 27.3 Å². The van der Waals surface area contributed by atoms with E-state index in [2.05, 4.69) is 22.6 Å². The molecule has 1 fully saturated rings. The third-order valence-electron chi connectivity index (χ3n) is 3.59. The zero-order valence-corrected chi connectivity index (χ0v) is 13.4. The van der Waals surface area contributed by atoms with E-state index < -0.39 is 12.1 Å². The number of hydrogen-bond acceptors (Lipinski definition) is 2. The molecule has 0 radical (unpaired) electrons. The number of alkyl halides is 3. The van der Waals surface area contributed by atoms with Crippen molar-refractivity contribution in [3.8, 4) is 5.75 Å². The van der Waals surface area contributed by atoms with Crippen LogP contribution in [0.5, 0.6) is 5.75 Å². The Morgan fingerprint density at radius 2 is 2.15 bits per heavy atom. The normalized spacial score (nSPS) is 20.9. The van der Waals surface area contributed by atoms with E-state index in [-0.39, 0.29) is 13.0 Å². The molecule has 0 saturated carbocycles. The summed E-state index contributed by atoms with van der Waals surface area (Å²) in [6.07, 6.45) is -3.22. The summed E-state index contributed by atoms with van der Waals surface area (Å²) in [7, 11) is 1.61. The molecule has 1 heterocycles. The van der Waals surface area contributed by atoms with E-state index in [1.54, 1.807) is 7.11 Å². The lowest BCUT2D eigenvalue weighted by atomic mass is 9.97. The second kappa shape index (κ2) is 6.51. The Morgan fingerprint density at radius 1 is 1.40 bits per heavy atom. The fourth-order valence-corrected chi connectivity index (χ4v) is 3.33. The molecule has 0 aliphatic carbocycles. The van der Waals surface area contributed by atoms with Gasteiger partial charge in [0.05, 0.1) is 16.6 Å². The molecule has 1 atom stereocenters. The van der Waals surface area contributed by atoms with Crippen LogP contribution in [-0.4, -0.2) is 31.3 Å². The van der Waals surface area contributed by atoms with Gasteiger partial charge in [-0.1, -0.05) is 6.07 Å². The molecular formula is C14H17F3INO. The molecule has 0 N–H and O–H groups in total. The van der Waals surface area contributed by atoms with Crippen molar-refractivity contribution >= 4 is 22.6 Å². The lowest BCUT2D eigenvalue weighted by Gasteiger charge is -2.33. The van der Waals surface area contributed by atoms with Crippen LogP contribution in [0.2, 0.25) is 0 Å². The van der Waals surface area contributed by atoms with Crippen molar-refractivity contribution in [2.24, 2.45) is 5.92 Å². The standard InChI is InChI=1S/C14H17F3INO/c1-20-13-5-4-10(7-12(13)18)8-19-6-2-3-11(9-19)14(15,16)17/h4-5,7,11H,2-3,6,8-9H2,1H3. The average molecular weight is 399 g/mol. The van der Waals surface area contributed by atoms with Crippen LogP contribution in [0.25, 0.3) is 0 Å². The van der Waals surface area contributed by atoms with Gasteiger partial charge in [-0.2, -0.15) is 13.2 Å². The Kier molecular flexibility index (Phi) is 5.17. The number of ether oxygens (including phenoxy) is 1. The number of methoxy groups -OCH3 is 1. The van der Waals surface area contributed by atoms with Gasteiger partial charge in [0.2, 0.25) is 0 Å².